The number of thiophene rings is 1. The molecule has 0 fully saturated rings. The van der Waals surface area contributed by atoms with Crippen molar-refractivity contribution in [3.05, 3.63) is 50.8 Å². The number of aryl methyl sites for hydroxylation is 2. The normalized spacial score (nSPS) is 12.8. The van der Waals surface area contributed by atoms with E-state index in [1.54, 1.807) is 23.5 Å². The summed E-state index contributed by atoms with van der Waals surface area (Å²) in [6, 6.07) is 3.50. The van der Waals surface area contributed by atoms with Crippen LogP contribution in [0.1, 0.15) is 28.4 Å². The van der Waals surface area contributed by atoms with E-state index in [1.807, 2.05) is 0 Å². The van der Waals surface area contributed by atoms with E-state index in [1.165, 1.54) is 22.9 Å². The summed E-state index contributed by atoms with van der Waals surface area (Å²) in [5.41, 5.74) is 1.06. The second kappa shape index (κ2) is 8.83. The van der Waals surface area contributed by atoms with Gasteiger partial charge < -0.3 is 20.0 Å². The Morgan fingerprint density at radius 3 is 3.00 bits per heavy atom. The molecule has 2 amide bonds. The fraction of sp³-hybridized carbons (Fsp3) is 0.368. The van der Waals surface area contributed by atoms with Crippen LogP contribution in [0.3, 0.4) is 0 Å². The summed E-state index contributed by atoms with van der Waals surface area (Å²) in [5.74, 6) is 1.27. The zero-order valence-electron chi connectivity index (χ0n) is 15.6. The fourth-order valence-electron chi connectivity index (χ4n) is 3.25. The quantitative estimate of drug-likeness (QED) is 0.499. The van der Waals surface area contributed by atoms with Crippen LogP contribution in [-0.4, -0.2) is 34.1 Å². The molecule has 4 rings (SSSR count). The minimum Gasteiger partial charge on any atom is -0.467 e. The maximum Gasteiger partial charge on any atom is 0.259 e. The van der Waals surface area contributed by atoms with Crippen LogP contribution in [0.2, 0.25) is 0 Å². The lowest BCUT2D eigenvalue weighted by Gasteiger charge is -2.06. The topological polar surface area (TPSA) is 117 Å². The van der Waals surface area contributed by atoms with Gasteiger partial charge in [-0.15, -0.1) is 23.1 Å². The number of nitrogens with one attached hydrogen (secondary N) is 3. The molecule has 3 aromatic rings. The molecule has 0 aliphatic heterocycles. The number of hydrogen-bond donors (Lipinski definition) is 3. The smallest absolute Gasteiger partial charge is 0.259 e. The van der Waals surface area contributed by atoms with Crippen LogP contribution in [0.5, 0.6) is 0 Å². The van der Waals surface area contributed by atoms with Gasteiger partial charge in [0, 0.05) is 4.88 Å². The molecule has 1 aliphatic carbocycles. The van der Waals surface area contributed by atoms with Crippen LogP contribution in [0.15, 0.2) is 27.6 Å². The molecule has 0 saturated heterocycles. The minimum atomic E-state index is -0.290. The Morgan fingerprint density at radius 1 is 1.28 bits per heavy atom. The Bertz CT molecular complexity index is 1090. The van der Waals surface area contributed by atoms with Crippen molar-refractivity contribution in [2.24, 2.45) is 0 Å². The predicted octanol–water partition coefficient (Wildman–Crippen LogP) is 1.73. The fourth-order valence-corrected chi connectivity index (χ4v) is 5.25. The van der Waals surface area contributed by atoms with Crippen LogP contribution >= 0.6 is 23.1 Å². The van der Waals surface area contributed by atoms with Crippen LogP contribution in [0, 0.1) is 0 Å². The molecular weight excluding hydrogens is 412 g/mol. The zero-order valence-corrected chi connectivity index (χ0v) is 17.2. The van der Waals surface area contributed by atoms with Gasteiger partial charge in [-0.25, -0.2) is 4.98 Å². The molecule has 0 atom stereocenters. The van der Waals surface area contributed by atoms with E-state index in [9.17, 15) is 14.4 Å². The third kappa shape index (κ3) is 4.70. The molecule has 29 heavy (non-hydrogen) atoms. The maximum absolute atomic E-state index is 12.4. The highest BCUT2D eigenvalue weighted by molar-refractivity contribution is 7.99. The van der Waals surface area contributed by atoms with Crippen molar-refractivity contribution >= 4 is 45.1 Å². The van der Waals surface area contributed by atoms with Crippen LogP contribution < -0.4 is 16.2 Å². The molecule has 3 aromatic heterocycles. The van der Waals surface area contributed by atoms with Gasteiger partial charge in [0.1, 0.15) is 16.4 Å². The van der Waals surface area contributed by atoms with E-state index in [0.717, 1.165) is 35.0 Å². The first kappa shape index (κ1) is 19.7. The average Bonchev–Trinajstić information content (AvgIpc) is 3.41. The molecule has 3 heterocycles. The lowest BCUT2D eigenvalue weighted by atomic mass is 10.2. The standard InChI is InChI=1S/C19H20N4O4S2/c24-15(20-7-11-3-2-6-27-11)8-21-16(25)10-28-9-14-22-18(26)17-12-4-1-5-13(12)29-19(17)23-14/h2-3,6H,1,4-5,7-10H2,(H,20,24)(H,21,25)(H,22,23,26). The van der Waals surface area contributed by atoms with E-state index < -0.39 is 0 Å². The van der Waals surface area contributed by atoms with E-state index in [-0.39, 0.29) is 36.2 Å². The molecule has 0 spiro atoms. The lowest BCUT2D eigenvalue weighted by Crippen LogP contribution is -2.37. The lowest BCUT2D eigenvalue weighted by molar-refractivity contribution is -0.124. The van der Waals surface area contributed by atoms with Crippen LogP contribution in [-0.2, 0) is 34.7 Å². The number of H-pyrrole nitrogens is 1. The number of aromatic nitrogens is 2. The van der Waals surface area contributed by atoms with Crippen molar-refractivity contribution < 1.29 is 14.0 Å². The molecule has 0 unspecified atom stereocenters. The molecule has 0 aromatic carbocycles. The Labute approximate surface area is 174 Å². The van der Waals surface area contributed by atoms with Crippen LogP contribution in [0.25, 0.3) is 10.2 Å². The first-order valence-electron chi connectivity index (χ1n) is 9.27. The summed E-state index contributed by atoms with van der Waals surface area (Å²) in [6.07, 6.45) is 4.61. The zero-order chi connectivity index (χ0) is 20.2. The van der Waals surface area contributed by atoms with E-state index >= 15 is 0 Å². The van der Waals surface area contributed by atoms with Crippen molar-refractivity contribution in [2.45, 2.75) is 31.6 Å². The van der Waals surface area contributed by atoms with Gasteiger partial charge >= 0.3 is 0 Å². The van der Waals surface area contributed by atoms with Crippen molar-refractivity contribution in [2.75, 3.05) is 12.3 Å². The van der Waals surface area contributed by atoms with Gasteiger partial charge in [0.15, 0.2) is 0 Å². The van der Waals surface area contributed by atoms with Gasteiger partial charge in [-0.3, -0.25) is 14.4 Å². The van der Waals surface area contributed by atoms with Gasteiger partial charge in [0.25, 0.3) is 5.56 Å². The van der Waals surface area contributed by atoms with E-state index in [2.05, 4.69) is 20.6 Å². The Morgan fingerprint density at radius 2 is 2.17 bits per heavy atom. The molecule has 152 valence electrons. The predicted molar refractivity (Wildman–Crippen MR) is 112 cm³/mol. The van der Waals surface area contributed by atoms with Crippen molar-refractivity contribution in [1.82, 2.24) is 20.6 Å². The third-order valence-electron chi connectivity index (χ3n) is 4.58. The molecule has 8 nitrogen and oxygen atoms in total. The molecule has 0 radical (unpaired) electrons. The highest BCUT2D eigenvalue weighted by Crippen LogP contribution is 2.34. The number of hydrogen-bond acceptors (Lipinski definition) is 7. The largest absolute Gasteiger partial charge is 0.467 e. The van der Waals surface area contributed by atoms with Gasteiger partial charge in [0.2, 0.25) is 11.8 Å². The number of furan rings is 1. The number of amides is 2. The highest BCUT2D eigenvalue weighted by Gasteiger charge is 2.21. The Balaban J connectivity index is 1.22. The van der Waals surface area contributed by atoms with Gasteiger partial charge in [-0.1, -0.05) is 0 Å². The van der Waals surface area contributed by atoms with Crippen molar-refractivity contribution in [1.29, 1.82) is 0 Å². The molecule has 1 aliphatic rings. The van der Waals surface area contributed by atoms with Crippen LogP contribution in [0.4, 0.5) is 0 Å². The number of carbonyl (C=O) groups is 2. The molecule has 3 N–H and O–H groups in total. The van der Waals surface area contributed by atoms with Crippen molar-refractivity contribution in [3.8, 4) is 0 Å². The monoisotopic (exact) mass is 432 g/mol. The minimum absolute atomic E-state index is 0.0947. The second-order valence-corrected chi connectivity index (χ2v) is 8.74. The van der Waals surface area contributed by atoms with Gasteiger partial charge in [-0.05, 0) is 37.0 Å². The first-order valence-corrected chi connectivity index (χ1v) is 11.2. The molecular formula is C19H20N4O4S2. The first-order chi connectivity index (χ1) is 14.1. The molecule has 0 saturated carbocycles. The molecule has 10 heteroatoms. The number of thioether (sulfide) groups is 1. The summed E-state index contributed by atoms with van der Waals surface area (Å²) in [7, 11) is 0. The number of carbonyl (C=O) groups excluding carboxylic acids is 2. The van der Waals surface area contributed by atoms with Crippen molar-refractivity contribution in [3.63, 3.8) is 0 Å². The average molecular weight is 433 g/mol. The van der Waals surface area contributed by atoms with E-state index in [0.29, 0.717) is 17.3 Å². The SMILES string of the molecule is O=C(CNC(=O)CSCc1nc2sc3c(c2c(=O)[nH]1)CCC3)NCc1ccco1. The summed E-state index contributed by atoms with van der Waals surface area (Å²) >= 11 is 2.94. The maximum atomic E-state index is 12.4. The number of nitrogens with zero attached hydrogens (tertiary/aromatic N) is 1. The molecule has 0 bridgehead atoms. The summed E-state index contributed by atoms with van der Waals surface area (Å²) < 4.78 is 5.12. The Kier molecular flexibility index (Phi) is 6.00. The number of rotatable bonds is 8. The highest BCUT2D eigenvalue weighted by atomic mass is 32.2. The number of aromatic amines is 1. The summed E-state index contributed by atoms with van der Waals surface area (Å²) in [6.45, 7) is 0.187. The third-order valence-corrected chi connectivity index (χ3v) is 6.71. The Hall–Kier alpha value is -2.59. The summed E-state index contributed by atoms with van der Waals surface area (Å²) in [4.78, 5) is 45.5. The number of fused-ring (bicyclic) bond motifs is 3. The van der Waals surface area contributed by atoms with E-state index in [4.69, 9.17) is 4.42 Å². The van der Waals surface area contributed by atoms with Gasteiger partial charge in [-0.2, -0.15) is 0 Å². The van der Waals surface area contributed by atoms with Gasteiger partial charge in [0.05, 0.1) is 36.2 Å². The summed E-state index contributed by atoms with van der Waals surface area (Å²) in [5, 5.41) is 5.96. The second-order valence-electron chi connectivity index (χ2n) is 6.68.